The van der Waals surface area contributed by atoms with E-state index in [1.165, 1.54) is 30.4 Å². The largest absolute Gasteiger partial charge is 0.0625 e. The molecule has 0 spiro atoms. The first-order valence-electron chi connectivity index (χ1n) is 6.88. The Hall–Kier alpha value is -0.780. The van der Waals surface area contributed by atoms with Gasteiger partial charge in [-0.3, -0.25) is 0 Å². The molecule has 0 N–H and O–H groups in total. The smallest absolute Gasteiger partial charge is 0.00676 e. The molecule has 0 heteroatoms. The molecule has 2 unspecified atom stereocenters. The van der Waals surface area contributed by atoms with E-state index in [9.17, 15) is 0 Å². The molecule has 17 heavy (non-hydrogen) atoms. The summed E-state index contributed by atoms with van der Waals surface area (Å²) in [6.45, 7) is 11.9. The van der Waals surface area contributed by atoms with Crippen molar-refractivity contribution in [3.05, 3.63) is 35.4 Å². The molecule has 0 saturated heterocycles. The first kappa shape index (κ1) is 12.7. The van der Waals surface area contributed by atoms with Gasteiger partial charge >= 0.3 is 0 Å². The van der Waals surface area contributed by atoms with E-state index in [2.05, 4.69) is 58.9 Å². The molecule has 1 saturated carbocycles. The van der Waals surface area contributed by atoms with Crippen LogP contribution in [0.25, 0.3) is 0 Å². The van der Waals surface area contributed by atoms with E-state index >= 15 is 0 Å². The second kappa shape index (κ2) is 4.15. The predicted octanol–water partition coefficient (Wildman–Crippen LogP) is 5.10. The number of hydrogen-bond donors (Lipinski definition) is 0. The van der Waals surface area contributed by atoms with E-state index in [0.717, 1.165) is 5.92 Å². The lowest BCUT2D eigenvalue weighted by molar-refractivity contribution is 0.115. The molecule has 0 aromatic heterocycles. The van der Waals surface area contributed by atoms with E-state index in [4.69, 9.17) is 0 Å². The van der Waals surface area contributed by atoms with E-state index in [1.807, 2.05) is 0 Å². The highest BCUT2D eigenvalue weighted by Crippen LogP contribution is 2.49. The average molecular weight is 230 g/mol. The lowest BCUT2D eigenvalue weighted by Gasteiger charge is -2.46. The second-order valence-corrected chi connectivity index (χ2v) is 7.28. The van der Waals surface area contributed by atoms with Crippen LogP contribution in [0.2, 0.25) is 0 Å². The van der Waals surface area contributed by atoms with Crippen molar-refractivity contribution in [2.75, 3.05) is 0 Å². The SMILES string of the molecule is Cc1ccc(C2(C)CC(C)CC(C)(C)C2)cc1. The van der Waals surface area contributed by atoms with E-state index in [0.29, 0.717) is 10.8 Å². The van der Waals surface area contributed by atoms with E-state index in [-0.39, 0.29) is 0 Å². The molecule has 94 valence electrons. The fourth-order valence-electron chi connectivity index (χ4n) is 4.16. The molecule has 1 aliphatic rings. The zero-order valence-corrected chi connectivity index (χ0v) is 12.0. The fourth-order valence-corrected chi connectivity index (χ4v) is 4.16. The van der Waals surface area contributed by atoms with Gasteiger partial charge in [-0.25, -0.2) is 0 Å². The molecule has 0 nitrogen and oxygen atoms in total. The van der Waals surface area contributed by atoms with Crippen molar-refractivity contribution in [3.8, 4) is 0 Å². The van der Waals surface area contributed by atoms with Gasteiger partial charge in [0.15, 0.2) is 0 Å². The predicted molar refractivity (Wildman–Crippen MR) is 75.3 cm³/mol. The minimum absolute atomic E-state index is 0.370. The second-order valence-electron chi connectivity index (χ2n) is 7.28. The molecule has 0 bridgehead atoms. The zero-order chi connectivity index (χ0) is 12.7. The quantitative estimate of drug-likeness (QED) is 0.629. The Balaban J connectivity index is 2.31. The molecule has 1 aromatic carbocycles. The third-order valence-electron chi connectivity index (χ3n) is 4.32. The molecule has 1 fully saturated rings. The van der Waals surface area contributed by atoms with Crippen LogP contribution in [0.15, 0.2) is 24.3 Å². The van der Waals surface area contributed by atoms with Gasteiger partial charge in [-0.05, 0) is 48.5 Å². The van der Waals surface area contributed by atoms with E-state index in [1.54, 1.807) is 0 Å². The lowest BCUT2D eigenvalue weighted by atomic mass is 9.59. The highest BCUT2D eigenvalue weighted by Gasteiger charge is 2.40. The van der Waals surface area contributed by atoms with Crippen LogP contribution in [0.3, 0.4) is 0 Å². The summed E-state index contributed by atoms with van der Waals surface area (Å²) in [6, 6.07) is 9.19. The van der Waals surface area contributed by atoms with Crippen LogP contribution in [0, 0.1) is 18.3 Å². The van der Waals surface area contributed by atoms with Gasteiger partial charge in [0.2, 0.25) is 0 Å². The highest BCUT2D eigenvalue weighted by atomic mass is 14.4. The first-order chi connectivity index (χ1) is 7.81. The summed E-state index contributed by atoms with van der Waals surface area (Å²) in [6.07, 6.45) is 4.02. The normalized spacial score (nSPS) is 32.4. The van der Waals surface area contributed by atoms with Crippen molar-refractivity contribution in [1.82, 2.24) is 0 Å². The average Bonchev–Trinajstić information content (AvgIpc) is 2.14. The monoisotopic (exact) mass is 230 g/mol. The number of benzene rings is 1. The summed E-state index contributed by atoms with van der Waals surface area (Å²) < 4.78 is 0. The van der Waals surface area contributed by atoms with Crippen LogP contribution in [-0.4, -0.2) is 0 Å². The maximum Gasteiger partial charge on any atom is -0.00676 e. The summed E-state index contributed by atoms with van der Waals surface area (Å²) in [5.41, 5.74) is 3.75. The van der Waals surface area contributed by atoms with Gasteiger partial charge < -0.3 is 0 Å². The third-order valence-corrected chi connectivity index (χ3v) is 4.32. The number of hydrogen-bond acceptors (Lipinski definition) is 0. The summed E-state index contributed by atoms with van der Waals surface area (Å²) >= 11 is 0. The topological polar surface area (TPSA) is 0 Å². The van der Waals surface area contributed by atoms with Gasteiger partial charge in [-0.2, -0.15) is 0 Å². The van der Waals surface area contributed by atoms with Crippen molar-refractivity contribution < 1.29 is 0 Å². The maximum atomic E-state index is 2.45. The number of rotatable bonds is 1. The van der Waals surface area contributed by atoms with Crippen LogP contribution in [0.5, 0.6) is 0 Å². The molecule has 2 rings (SSSR count). The lowest BCUT2D eigenvalue weighted by Crippen LogP contribution is -2.37. The van der Waals surface area contributed by atoms with Crippen LogP contribution in [0.1, 0.15) is 58.1 Å². The minimum atomic E-state index is 0.370. The van der Waals surface area contributed by atoms with Gasteiger partial charge in [0.05, 0.1) is 0 Å². The standard InChI is InChI=1S/C17H26/c1-13-6-8-15(9-7-13)17(5)11-14(2)10-16(3,4)12-17/h6-9,14H,10-12H2,1-5H3. The molecule has 0 amide bonds. The molecule has 2 atom stereocenters. The van der Waals surface area contributed by atoms with Crippen LogP contribution in [0.4, 0.5) is 0 Å². The summed E-state index contributed by atoms with van der Waals surface area (Å²) in [5, 5.41) is 0. The number of aryl methyl sites for hydroxylation is 1. The van der Waals surface area contributed by atoms with Crippen molar-refractivity contribution >= 4 is 0 Å². The summed E-state index contributed by atoms with van der Waals surface area (Å²) in [5.74, 6) is 0.838. The molecular formula is C17H26. The fraction of sp³-hybridized carbons (Fsp3) is 0.647. The van der Waals surface area contributed by atoms with Gasteiger partial charge in [-0.15, -0.1) is 0 Å². The van der Waals surface area contributed by atoms with Gasteiger partial charge in [0.25, 0.3) is 0 Å². The summed E-state index contributed by atoms with van der Waals surface area (Å²) in [4.78, 5) is 0. The van der Waals surface area contributed by atoms with Crippen molar-refractivity contribution in [3.63, 3.8) is 0 Å². The Morgan fingerprint density at radius 3 is 2.12 bits per heavy atom. The summed E-state index contributed by atoms with van der Waals surface area (Å²) in [7, 11) is 0. The zero-order valence-electron chi connectivity index (χ0n) is 12.0. The van der Waals surface area contributed by atoms with E-state index < -0.39 is 0 Å². The highest BCUT2D eigenvalue weighted by molar-refractivity contribution is 5.29. The Kier molecular flexibility index (Phi) is 3.10. The van der Waals surface area contributed by atoms with Gasteiger partial charge in [0.1, 0.15) is 0 Å². The Bertz CT molecular complexity index is 385. The van der Waals surface area contributed by atoms with Crippen LogP contribution >= 0.6 is 0 Å². The molecule has 0 aliphatic heterocycles. The molecule has 1 aliphatic carbocycles. The minimum Gasteiger partial charge on any atom is -0.0625 e. The third kappa shape index (κ3) is 2.73. The Morgan fingerprint density at radius 2 is 1.59 bits per heavy atom. The van der Waals surface area contributed by atoms with Gasteiger partial charge in [-0.1, -0.05) is 57.5 Å². The molecular weight excluding hydrogens is 204 g/mol. The molecule has 0 radical (unpaired) electrons. The van der Waals surface area contributed by atoms with Crippen molar-refractivity contribution in [2.24, 2.45) is 11.3 Å². The molecule has 0 heterocycles. The molecule has 1 aromatic rings. The first-order valence-corrected chi connectivity index (χ1v) is 6.88. The van der Waals surface area contributed by atoms with Crippen molar-refractivity contribution in [1.29, 1.82) is 0 Å². The van der Waals surface area contributed by atoms with Crippen LogP contribution in [-0.2, 0) is 5.41 Å². The van der Waals surface area contributed by atoms with Crippen LogP contribution < -0.4 is 0 Å². The maximum absolute atomic E-state index is 2.45. The van der Waals surface area contributed by atoms with Crippen molar-refractivity contribution in [2.45, 2.75) is 59.3 Å². The Morgan fingerprint density at radius 1 is 1.00 bits per heavy atom. The van der Waals surface area contributed by atoms with Gasteiger partial charge in [0, 0.05) is 0 Å². The Labute approximate surface area is 106 Å².